The van der Waals surface area contributed by atoms with E-state index in [1.807, 2.05) is 6.07 Å². The molecule has 0 radical (unpaired) electrons. The lowest BCUT2D eigenvalue weighted by Crippen LogP contribution is -2.20. The monoisotopic (exact) mass is 191 g/mol. The first-order valence-electron chi connectivity index (χ1n) is 5.25. The lowest BCUT2D eigenvalue weighted by atomic mass is 10.4. The maximum Gasteiger partial charge on any atom is 0.130 e. The Bertz CT molecular complexity index is 307. The Morgan fingerprint density at radius 2 is 2.29 bits per heavy atom. The highest BCUT2D eigenvalue weighted by atomic mass is 15.2. The van der Waals surface area contributed by atoms with Gasteiger partial charge in [-0.2, -0.15) is 0 Å². The summed E-state index contributed by atoms with van der Waals surface area (Å²) in [6.45, 7) is 3.00. The summed E-state index contributed by atoms with van der Waals surface area (Å²) in [5, 5.41) is 3.22. The van der Waals surface area contributed by atoms with Gasteiger partial charge in [-0.1, -0.05) is 6.07 Å². The Balaban J connectivity index is 2.12. The standard InChI is InChI=1S/C11H17N3/c1-3-12-10-5-4-6-11(13-10)14(2)9-7-8-9/h4-6,9H,3,7-8H2,1-2H3,(H,12,13). The van der Waals surface area contributed by atoms with Crippen LogP contribution in [-0.2, 0) is 0 Å². The largest absolute Gasteiger partial charge is 0.370 e. The maximum absolute atomic E-state index is 4.54. The van der Waals surface area contributed by atoms with Crippen molar-refractivity contribution in [3.05, 3.63) is 18.2 Å². The molecule has 3 heteroatoms. The summed E-state index contributed by atoms with van der Waals surface area (Å²) in [6.07, 6.45) is 2.62. The molecule has 0 unspecified atom stereocenters. The minimum Gasteiger partial charge on any atom is -0.370 e. The number of hydrogen-bond acceptors (Lipinski definition) is 3. The summed E-state index contributed by atoms with van der Waals surface area (Å²) in [7, 11) is 2.12. The van der Waals surface area contributed by atoms with Crippen LogP contribution in [0, 0.1) is 0 Å². The van der Waals surface area contributed by atoms with E-state index in [0.717, 1.165) is 24.2 Å². The molecule has 3 nitrogen and oxygen atoms in total. The van der Waals surface area contributed by atoms with Crippen LogP contribution >= 0.6 is 0 Å². The molecule has 0 spiro atoms. The van der Waals surface area contributed by atoms with Gasteiger partial charge in [0, 0.05) is 19.6 Å². The van der Waals surface area contributed by atoms with Gasteiger partial charge in [0.2, 0.25) is 0 Å². The first-order valence-corrected chi connectivity index (χ1v) is 5.25. The fourth-order valence-electron chi connectivity index (χ4n) is 1.55. The molecule has 1 heterocycles. The lowest BCUT2D eigenvalue weighted by Gasteiger charge is -2.17. The second kappa shape index (κ2) is 3.86. The van der Waals surface area contributed by atoms with Gasteiger partial charge in [0.05, 0.1) is 0 Å². The Morgan fingerprint density at radius 3 is 2.93 bits per heavy atom. The van der Waals surface area contributed by atoms with Gasteiger partial charge >= 0.3 is 0 Å². The normalized spacial score (nSPS) is 15.3. The topological polar surface area (TPSA) is 28.2 Å². The van der Waals surface area contributed by atoms with Crippen LogP contribution in [-0.4, -0.2) is 24.6 Å². The minimum absolute atomic E-state index is 0.722. The molecule has 1 fully saturated rings. The molecule has 1 aromatic rings. The molecule has 1 saturated carbocycles. The Kier molecular flexibility index (Phi) is 2.57. The zero-order valence-electron chi connectivity index (χ0n) is 8.83. The number of hydrogen-bond donors (Lipinski definition) is 1. The van der Waals surface area contributed by atoms with Crippen molar-refractivity contribution in [2.75, 3.05) is 23.8 Å². The molecular weight excluding hydrogens is 174 g/mol. The summed E-state index contributed by atoms with van der Waals surface area (Å²) >= 11 is 0. The van der Waals surface area contributed by atoms with Crippen molar-refractivity contribution in [3.8, 4) is 0 Å². The van der Waals surface area contributed by atoms with Gasteiger partial charge in [0.25, 0.3) is 0 Å². The van der Waals surface area contributed by atoms with Gasteiger partial charge in [0.15, 0.2) is 0 Å². The third kappa shape index (κ3) is 1.97. The van der Waals surface area contributed by atoms with Crippen molar-refractivity contribution in [3.63, 3.8) is 0 Å². The van der Waals surface area contributed by atoms with E-state index in [9.17, 15) is 0 Å². The van der Waals surface area contributed by atoms with Gasteiger partial charge in [-0.15, -0.1) is 0 Å². The quantitative estimate of drug-likeness (QED) is 0.790. The van der Waals surface area contributed by atoms with E-state index in [2.05, 4.69) is 41.3 Å². The molecule has 1 aliphatic carbocycles. The molecule has 1 aromatic heterocycles. The predicted molar refractivity (Wildman–Crippen MR) is 59.8 cm³/mol. The smallest absolute Gasteiger partial charge is 0.130 e. The van der Waals surface area contributed by atoms with E-state index in [1.54, 1.807) is 0 Å². The van der Waals surface area contributed by atoms with E-state index in [0.29, 0.717) is 0 Å². The average Bonchev–Trinajstić information content (AvgIpc) is 3.01. The van der Waals surface area contributed by atoms with Crippen LogP contribution in [0.1, 0.15) is 19.8 Å². The summed E-state index contributed by atoms with van der Waals surface area (Å²) in [5.41, 5.74) is 0. The van der Waals surface area contributed by atoms with Gasteiger partial charge in [-0.05, 0) is 31.9 Å². The van der Waals surface area contributed by atoms with E-state index >= 15 is 0 Å². The van der Waals surface area contributed by atoms with Crippen LogP contribution in [0.2, 0.25) is 0 Å². The SMILES string of the molecule is CCNc1cccc(N(C)C2CC2)n1. The maximum atomic E-state index is 4.54. The van der Waals surface area contributed by atoms with E-state index < -0.39 is 0 Å². The third-order valence-corrected chi connectivity index (χ3v) is 2.55. The van der Waals surface area contributed by atoms with Crippen molar-refractivity contribution < 1.29 is 0 Å². The Hall–Kier alpha value is -1.25. The lowest BCUT2D eigenvalue weighted by molar-refractivity contribution is 0.892. The highest BCUT2D eigenvalue weighted by molar-refractivity contribution is 5.47. The average molecular weight is 191 g/mol. The van der Waals surface area contributed by atoms with Gasteiger partial charge < -0.3 is 10.2 Å². The second-order valence-electron chi connectivity index (χ2n) is 3.75. The molecule has 1 aliphatic rings. The zero-order valence-corrected chi connectivity index (χ0v) is 8.83. The number of anilines is 2. The van der Waals surface area contributed by atoms with Crippen LogP contribution < -0.4 is 10.2 Å². The van der Waals surface area contributed by atoms with Crippen molar-refractivity contribution >= 4 is 11.6 Å². The summed E-state index contributed by atoms with van der Waals surface area (Å²) in [5.74, 6) is 2.04. The molecule has 2 rings (SSSR count). The summed E-state index contributed by atoms with van der Waals surface area (Å²) in [4.78, 5) is 6.80. The highest BCUT2D eigenvalue weighted by Gasteiger charge is 2.26. The van der Waals surface area contributed by atoms with Crippen molar-refractivity contribution in [2.45, 2.75) is 25.8 Å². The van der Waals surface area contributed by atoms with E-state index in [4.69, 9.17) is 0 Å². The molecular formula is C11H17N3. The van der Waals surface area contributed by atoms with Crippen LogP contribution in [0.3, 0.4) is 0 Å². The second-order valence-corrected chi connectivity index (χ2v) is 3.75. The third-order valence-electron chi connectivity index (χ3n) is 2.55. The summed E-state index contributed by atoms with van der Waals surface area (Å²) < 4.78 is 0. The number of aromatic nitrogens is 1. The highest BCUT2D eigenvalue weighted by Crippen LogP contribution is 2.29. The molecule has 0 amide bonds. The predicted octanol–water partition coefficient (Wildman–Crippen LogP) is 2.11. The molecule has 14 heavy (non-hydrogen) atoms. The van der Waals surface area contributed by atoms with Gasteiger partial charge in [-0.3, -0.25) is 0 Å². The number of rotatable bonds is 4. The molecule has 0 aliphatic heterocycles. The fraction of sp³-hybridized carbons (Fsp3) is 0.545. The zero-order chi connectivity index (χ0) is 9.97. The van der Waals surface area contributed by atoms with Crippen LogP contribution in [0.25, 0.3) is 0 Å². The van der Waals surface area contributed by atoms with E-state index in [-0.39, 0.29) is 0 Å². The van der Waals surface area contributed by atoms with Crippen LogP contribution in [0.15, 0.2) is 18.2 Å². The van der Waals surface area contributed by atoms with Crippen LogP contribution in [0.4, 0.5) is 11.6 Å². The van der Waals surface area contributed by atoms with Crippen molar-refractivity contribution in [2.24, 2.45) is 0 Å². The molecule has 0 atom stereocenters. The number of pyridine rings is 1. The number of nitrogens with zero attached hydrogens (tertiary/aromatic N) is 2. The number of nitrogens with one attached hydrogen (secondary N) is 1. The first-order chi connectivity index (χ1) is 6.81. The first kappa shape index (κ1) is 9.31. The van der Waals surface area contributed by atoms with Crippen molar-refractivity contribution in [1.29, 1.82) is 0 Å². The van der Waals surface area contributed by atoms with Gasteiger partial charge in [-0.25, -0.2) is 4.98 Å². The minimum atomic E-state index is 0.722. The molecule has 1 N–H and O–H groups in total. The molecule has 0 saturated heterocycles. The molecule has 0 bridgehead atoms. The van der Waals surface area contributed by atoms with Crippen molar-refractivity contribution in [1.82, 2.24) is 4.98 Å². The Labute approximate surface area is 85.1 Å². The van der Waals surface area contributed by atoms with E-state index in [1.165, 1.54) is 12.8 Å². The fourth-order valence-corrected chi connectivity index (χ4v) is 1.55. The van der Waals surface area contributed by atoms with Crippen LogP contribution in [0.5, 0.6) is 0 Å². The molecule has 76 valence electrons. The van der Waals surface area contributed by atoms with Gasteiger partial charge in [0.1, 0.15) is 11.6 Å². The molecule has 0 aromatic carbocycles. The Morgan fingerprint density at radius 1 is 1.50 bits per heavy atom. The summed E-state index contributed by atoms with van der Waals surface area (Å²) in [6, 6.07) is 6.85.